The fraction of sp³-hybridized carbons (Fsp3) is 0.625. The highest BCUT2D eigenvalue weighted by atomic mass is 19.3. The minimum absolute atomic E-state index is 0.0456. The molecule has 8 heteroatoms. The molecule has 0 spiro atoms. The highest BCUT2D eigenvalue weighted by molar-refractivity contribution is 5.31. The highest BCUT2D eigenvalue weighted by Gasteiger charge is 2.18. The number of ether oxygens (including phenoxy) is 1. The molecule has 1 heterocycles. The van der Waals surface area contributed by atoms with Crippen LogP contribution in [0.1, 0.15) is 12.6 Å². The van der Waals surface area contributed by atoms with E-state index in [1.54, 1.807) is 0 Å². The van der Waals surface area contributed by atoms with E-state index in [9.17, 15) is 18.9 Å². The molecule has 0 aliphatic heterocycles. The minimum atomic E-state index is -2.86. The number of nitro groups is 1. The van der Waals surface area contributed by atoms with Gasteiger partial charge in [0.15, 0.2) is 0 Å². The average Bonchev–Trinajstić information content (AvgIpc) is 2.46. The number of hydrogen-bond donors (Lipinski definition) is 0. The van der Waals surface area contributed by atoms with Crippen molar-refractivity contribution in [2.24, 2.45) is 0 Å². The second-order valence-corrected chi connectivity index (χ2v) is 3.26. The van der Waals surface area contributed by atoms with Gasteiger partial charge in [-0.15, -0.1) is 0 Å². The fourth-order valence-electron chi connectivity index (χ4n) is 1.26. The summed E-state index contributed by atoms with van der Waals surface area (Å²) in [5.41, 5.74) is 0.180. The average molecular weight is 235 g/mol. The summed E-state index contributed by atoms with van der Waals surface area (Å²) in [6, 6.07) is 0. The fourth-order valence-corrected chi connectivity index (χ4v) is 1.26. The molecule has 0 aliphatic rings. The number of nitrogens with zero attached hydrogens (tertiary/aromatic N) is 3. The molecule has 1 aromatic rings. The zero-order valence-electron chi connectivity index (χ0n) is 8.76. The van der Waals surface area contributed by atoms with Crippen LogP contribution in [0.15, 0.2) is 6.20 Å². The zero-order valence-corrected chi connectivity index (χ0v) is 8.76. The van der Waals surface area contributed by atoms with Crippen LogP contribution in [0.3, 0.4) is 0 Å². The van der Waals surface area contributed by atoms with Crippen molar-refractivity contribution in [3.8, 4) is 0 Å². The van der Waals surface area contributed by atoms with Gasteiger partial charge in [-0.05, 0) is 13.8 Å². The van der Waals surface area contributed by atoms with E-state index in [1.807, 2.05) is 0 Å². The van der Waals surface area contributed by atoms with Crippen molar-refractivity contribution in [1.29, 1.82) is 0 Å². The van der Waals surface area contributed by atoms with Crippen LogP contribution in [0.2, 0.25) is 0 Å². The lowest BCUT2D eigenvalue weighted by atomic mass is 10.3. The van der Waals surface area contributed by atoms with Crippen LogP contribution < -0.4 is 0 Å². The Balaban J connectivity index is 2.71. The summed E-state index contributed by atoms with van der Waals surface area (Å²) in [4.78, 5) is 9.93. The van der Waals surface area contributed by atoms with E-state index >= 15 is 0 Å². The van der Waals surface area contributed by atoms with E-state index in [1.165, 1.54) is 18.5 Å². The van der Waals surface area contributed by atoms with E-state index in [0.717, 1.165) is 6.20 Å². The molecule has 90 valence electrons. The van der Waals surface area contributed by atoms with Crippen molar-refractivity contribution in [1.82, 2.24) is 9.78 Å². The first-order chi connectivity index (χ1) is 7.41. The van der Waals surface area contributed by atoms with Crippen LogP contribution in [-0.4, -0.2) is 27.4 Å². The second kappa shape index (κ2) is 4.97. The maximum Gasteiger partial charge on any atom is 0.345 e. The van der Waals surface area contributed by atoms with Crippen molar-refractivity contribution in [2.45, 2.75) is 33.1 Å². The van der Waals surface area contributed by atoms with Crippen molar-refractivity contribution in [3.05, 3.63) is 22.0 Å². The number of rotatable bonds is 5. The van der Waals surface area contributed by atoms with Gasteiger partial charge in [-0.2, -0.15) is 13.9 Å². The first kappa shape index (κ1) is 12.5. The Morgan fingerprint density at radius 2 is 2.31 bits per heavy atom. The molecular weight excluding hydrogens is 224 g/mol. The van der Waals surface area contributed by atoms with E-state index in [-0.39, 0.29) is 12.2 Å². The predicted octanol–water partition coefficient (Wildman–Crippen LogP) is 1.73. The Hall–Kier alpha value is -1.57. The molecule has 0 aliphatic carbocycles. The molecule has 16 heavy (non-hydrogen) atoms. The molecule has 0 bridgehead atoms. The number of alkyl halides is 2. The van der Waals surface area contributed by atoms with Gasteiger partial charge >= 0.3 is 12.3 Å². The van der Waals surface area contributed by atoms with Crippen molar-refractivity contribution in [3.63, 3.8) is 0 Å². The van der Waals surface area contributed by atoms with Crippen LogP contribution in [0.4, 0.5) is 14.5 Å². The first-order valence-corrected chi connectivity index (χ1v) is 4.52. The Kier molecular flexibility index (Phi) is 3.88. The maximum absolute atomic E-state index is 11.9. The number of halogens is 2. The Labute approximate surface area is 90.0 Å². The standard InChI is InChI=1S/C8H11F2N3O3/c1-5(16-8(9)10)4-12-6(2)7(3-11-12)13(14)15/h3,5,8H,4H2,1-2H3/t5-/m1/s1. The lowest BCUT2D eigenvalue weighted by Gasteiger charge is -2.12. The lowest BCUT2D eigenvalue weighted by Crippen LogP contribution is -2.20. The third-order valence-electron chi connectivity index (χ3n) is 2.04. The van der Waals surface area contributed by atoms with E-state index < -0.39 is 17.6 Å². The van der Waals surface area contributed by atoms with Crippen LogP contribution in [0.5, 0.6) is 0 Å². The topological polar surface area (TPSA) is 70.2 Å². The lowest BCUT2D eigenvalue weighted by molar-refractivity contribution is -0.385. The van der Waals surface area contributed by atoms with Crippen LogP contribution in [0, 0.1) is 17.0 Å². The SMILES string of the molecule is Cc1c([N+](=O)[O-])cnn1C[C@@H](C)OC(F)F. The summed E-state index contributed by atoms with van der Waals surface area (Å²) in [6.07, 6.45) is 0.322. The van der Waals surface area contributed by atoms with Gasteiger partial charge in [-0.1, -0.05) is 0 Å². The summed E-state index contributed by atoms with van der Waals surface area (Å²) in [6.45, 7) is 0.129. The Morgan fingerprint density at radius 1 is 1.69 bits per heavy atom. The van der Waals surface area contributed by atoms with Gasteiger partial charge in [0.05, 0.1) is 17.6 Å². The highest BCUT2D eigenvalue weighted by Crippen LogP contribution is 2.17. The van der Waals surface area contributed by atoms with Crippen molar-refractivity contribution in [2.75, 3.05) is 0 Å². The van der Waals surface area contributed by atoms with Crippen LogP contribution in [0.25, 0.3) is 0 Å². The van der Waals surface area contributed by atoms with Gasteiger partial charge < -0.3 is 4.74 Å². The Morgan fingerprint density at radius 3 is 2.75 bits per heavy atom. The molecule has 1 atom stereocenters. The quantitative estimate of drug-likeness (QED) is 0.575. The number of aromatic nitrogens is 2. The molecule has 1 aromatic heterocycles. The van der Waals surface area contributed by atoms with Crippen LogP contribution in [-0.2, 0) is 11.3 Å². The summed E-state index contributed by atoms with van der Waals surface area (Å²) in [5, 5.41) is 14.2. The molecule has 0 radical (unpaired) electrons. The molecular formula is C8H11F2N3O3. The predicted molar refractivity (Wildman–Crippen MR) is 50.2 cm³/mol. The normalized spacial score (nSPS) is 13.1. The largest absolute Gasteiger partial charge is 0.345 e. The van der Waals surface area contributed by atoms with Gasteiger partial charge in [-0.25, -0.2) is 0 Å². The summed E-state index contributed by atoms with van der Waals surface area (Å²) in [5.74, 6) is 0. The molecule has 0 fully saturated rings. The first-order valence-electron chi connectivity index (χ1n) is 4.52. The summed E-state index contributed by atoms with van der Waals surface area (Å²) in [7, 11) is 0. The smallest absolute Gasteiger partial charge is 0.318 e. The molecule has 1 rings (SSSR count). The van der Waals surface area contributed by atoms with Gasteiger partial charge in [0.2, 0.25) is 0 Å². The van der Waals surface area contributed by atoms with Crippen molar-refractivity contribution >= 4 is 5.69 Å². The third kappa shape index (κ3) is 2.96. The van der Waals surface area contributed by atoms with Gasteiger partial charge in [0.1, 0.15) is 11.9 Å². The monoisotopic (exact) mass is 235 g/mol. The summed E-state index contributed by atoms with van der Waals surface area (Å²) >= 11 is 0. The Bertz CT molecular complexity index is 381. The van der Waals surface area contributed by atoms with Crippen LogP contribution >= 0.6 is 0 Å². The number of hydrogen-bond acceptors (Lipinski definition) is 4. The van der Waals surface area contributed by atoms with Gasteiger partial charge in [0.25, 0.3) is 0 Å². The third-order valence-corrected chi connectivity index (χ3v) is 2.04. The van der Waals surface area contributed by atoms with Crippen molar-refractivity contribution < 1.29 is 18.4 Å². The molecule has 0 saturated carbocycles. The molecule has 0 aromatic carbocycles. The van der Waals surface area contributed by atoms with E-state index in [0.29, 0.717) is 5.69 Å². The van der Waals surface area contributed by atoms with Gasteiger partial charge in [-0.3, -0.25) is 14.8 Å². The maximum atomic E-state index is 11.9. The minimum Gasteiger partial charge on any atom is -0.318 e. The molecule has 0 N–H and O–H groups in total. The molecule has 0 unspecified atom stereocenters. The second-order valence-electron chi connectivity index (χ2n) is 3.26. The van der Waals surface area contributed by atoms with E-state index in [2.05, 4.69) is 9.84 Å². The van der Waals surface area contributed by atoms with E-state index in [4.69, 9.17) is 0 Å². The molecule has 6 nitrogen and oxygen atoms in total. The molecule has 0 saturated heterocycles. The molecule has 0 amide bonds. The summed E-state index contributed by atoms with van der Waals surface area (Å²) < 4.78 is 29.2. The van der Waals surface area contributed by atoms with Gasteiger partial charge in [0, 0.05) is 0 Å². The zero-order chi connectivity index (χ0) is 12.3.